The fourth-order valence-corrected chi connectivity index (χ4v) is 2.91. The van der Waals surface area contributed by atoms with Crippen molar-refractivity contribution in [1.29, 1.82) is 0 Å². The molecule has 4 nitrogen and oxygen atoms in total. The summed E-state index contributed by atoms with van der Waals surface area (Å²) in [6, 6.07) is 0.678. The van der Waals surface area contributed by atoms with Crippen molar-refractivity contribution in [2.45, 2.75) is 32.4 Å². The number of hydrogen-bond donors (Lipinski definition) is 1. The van der Waals surface area contributed by atoms with Gasteiger partial charge in [-0.15, -0.1) is 0 Å². The van der Waals surface area contributed by atoms with Gasteiger partial charge in [0, 0.05) is 26.2 Å². The molecule has 2 heterocycles. The van der Waals surface area contributed by atoms with Crippen LogP contribution in [0.4, 0.5) is 0 Å². The van der Waals surface area contributed by atoms with Gasteiger partial charge in [0.15, 0.2) is 0 Å². The van der Waals surface area contributed by atoms with Crippen LogP contribution in [0.5, 0.6) is 0 Å². The Morgan fingerprint density at radius 2 is 2.47 bits per heavy atom. The van der Waals surface area contributed by atoms with Crippen molar-refractivity contribution < 1.29 is 0 Å². The summed E-state index contributed by atoms with van der Waals surface area (Å²) in [5.41, 5.74) is 1.27. The smallest absolute Gasteiger partial charge is 0.0663 e. The molecule has 0 saturated carbocycles. The summed E-state index contributed by atoms with van der Waals surface area (Å²) in [4.78, 5) is 2.57. The first-order valence-corrected chi connectivity index (χ1v) is 7.12. The summed E-state index contributed by atoms with van der Waals surface area (Å²) < 4.78 is 3.09. The van der Waals surface area contributed by atoms with E-state index in [0.29, 0.717) is 6.04 Å². The number of halogens is 1. The van der Waals surface area contributed by atoms with Crippen molar-refractivity contribution >= 4 is 15.9 Å². The van der Waals surface area contributed by atoms with Crippen molar-refractivity contribution in [3.8, 4) is 0 Å². The molecule has 0 aromatic carbocycles. The van der Waals surface area contributed by atoms with Gasteiger partial charge in [0.05, 0.1) is 16.4 Å². The molecule has 5 heteroatoms. The largest absolute Gasteiger partial charge is 0.315 e. The summed E-state index contributed by atoms with van der Waals surface area (Å²) >= 11 is 3.58. The maximum Gasteiger partial charge on any atom is 0.0663 e. The molecule has 1 aliphatic heterocycles. The minimum absolute atomic E-state index is 0.678. The van der Waals surface area contributed by atoms with Crippen molar-refractivity contribution in [3.05, 3.63) is 16.4 Å². The van der Waals surface area contributed by atoms with Gasteiger partial charge in [0.25, 0.3) is 0 Å². The highest BCUT2D eigenvalue weighted by Crippen LogP contribution is 2.20. The molecule has 0 amide bonds. The molecule has 1 aliphatic rings. The average molecular weight is 301 g/mol. The molecule has 1 aromatic rings. The van der Waals surface area contributed by atoms with E-state index in [2.05, 4.69) is 38.2 Å². The lowest BCUT2D eigenvalue weighted by atomic mass is 10.2. The molecule has 1 aromatic heterocycles. The second kappa shape index (κ2) is 5.98. The third-order valence-electron chi connectivity index (χ3n) is 3.42. The van der Waals surface area contributed by atoms with Gasteiger partial charge in [-0.25, -0.2) is 0 Å². The minimum atomic E-state index is 0.678. The highest BCUT2D eigenvalue weighted by atomic mass is 79.9. The molecule has 0 bridgehead atoms. The lowest BCUT2D eigenvalue weighted by Crippen LogP contribution is -2.37. The molecule has 96 valence electrons. The Morgan fingerprint density at radius 1 is 1.65 bits per heavy atom. The van der Waals surface area contributed by atoms with Gasteiger partial charge in [-0.1, -0.05) is 6.92 Å². The molecule has 0 aliphatic carbocycles. The molecular formula is C12H21BrN4. The number of aryl methyl sites for hydroxylation is 1. The topological polar surface area (TPSA) is 33.1 Å². The molecule has 1 unspecified atom stereocenters. The Hall–Kier alpha value is -0.390. The monoisotopic (exact) mass is 300 g/mol. The van der Waals surface area contributed by atoms with E-state index in [1.165, 1.54) is 18.5 Å². The van der Waals surface area contributed by atoms with Crippen LogP contribution in [0.25, 0.3) is 0 Å². The van der Waals surface area contributed by atoms with Crippen molar-refractivity contribution in [3.63, 3.8) is 0 Å². The zero-order valence-corrected chi connectivity index (χ0v) is 12.2. The molecule has 0 radical (unpaired) electrons. The second-order valence-electron chi connectivity index (χ2n) is 4.68. The number of nitrogens with zero attached hydrogens (tertiary/aromatic N) is 3. The van der Waals surface area contributed by atoms with Crippen LogP contribution in [0.1, 0.15) is 25.5 Å². The highest BCUT2D eigenvalue weighted by molar-refractivity contribution is 9.10. The molecule has 2 rings (SSSR count). The highest BCUT2D eigenvalue weighted by Gasteiger charge is 2.23. The molecular weight excluding hydrogens is 280 g/mol. The Kier molecular flexibility index (Phi) is 4.59. The Morgan fingerprint density at radius 3 is 3.00 bits per heavy atom. The molecule has 17 heavy (non-hydrogen) atoms. The third kappa shape index (κ3) is 3.09. The van der Waals surface area contributed by atoms with Gasteiger partial charge in [-0.2, -0.15) is 5.10 Å². The third-order valence-corrected chi connectivity index (χ3v) is 4.09. The summed E-state index contributed by atoms with van der Waals surface area (Å²) in [5.74, 6) is 0. The lowest BCUT2D eigenvalue weighted by molar-refractivity contribution is 0.194. The van der Waals surface area contributed by atoms with Gasteiger partial charge >= 0.3 is 0 Å². The van der Waals surface area contributed by atoms with Crippen molar-refractivity contribution in [2.24, 2.45) is 7.05 Å². The van der Waals surface area contributed by atoms with Crippen LogP contribution < -0.4 is 5.32 Å². The van der Waals surface area contributed by atoms with Crippen molar-refractivity contribution in [2.75, 3.05) is 19.6 Å². The van der Waals surface area contributed by atoms with E-state index in [1.54, 1.807) is 0 Å². The number of aromatic nitrogens is 2. The zero-order valence-electron chi connectivity index (χ0n) is 10.6. The standard InChI is InChI=1S/C12H21BrN4/c1-3-6-17(10-4-5-14-7-10)9-12-11(13)8-15-16(12)2/h8,10,14H,3-7,9H2,1-2H3. The molecule has 1 fully saturated rings. The zero-order chi connectivity index (χ0) is 12.3. The number of rotatable bonds is 5. The summed E-state index contributed by atoms with van der Waals surface area (Å²) in [5, 5.41) is 7.73. The normalized spacial score (nSPS) is 20.4. The van der Waals surface area contributed by atoms with Crippen LogP contribution in [0.3, 0.4) is 0 Å². The van der Waals surface area contributed by atoms with Gasteiger partial charge < -0.3 is 5.32 Å². The minimum Gasteiger partial charge on any atom is -0.315 e. The summed E-state index contributed by atoms with van der Waals surface area (Å²) in [6.45, 7) is 6.65. The Bertz CT molecular complexity index is 338. The predicted octanol–water partition coefficient (Wildman–Crippen LogP) is 1.76. The summed E-state index contributed by atoms with van der Waals surface area (Å²) in [7, 11) is 2.01. The number of hydrogen-bond acceptors (Lipinski definition) is 3. The van der Waals surface area contributed by atoms with E-state index in [1.807, 2.05) is 17.9 Å². The first-order chi connectivity index (χ1) is 8.22. The van der Waals surface area contributed by atoms with Gasteiger partial charge in [0.2, 0.25) is 0 Å². The fraction of sp³-hybridized carbons (Fsp3) is 0.750. The van der Waals surface area contributed by atoms with E-state index in [9.17, 15) is 0 Å². The molecule has 0 spiro atoms. The fourth-order valence-electron chi connectivity index (χ4n) is 2.44. The molecule has 1 atom stereocenters. The van der Waals surface area contributed by atoms with Crippen LogP contribution in [-0.2, 0) is 13.6 Å². The van der Waals surface area contributed by atoms with E-state index < -0.39 is 0 Å². The Balaban J connectivity index is 2.06. The summed E-state index contributed by atoms with van der Waals surface area (Å²) in [6.07, 6.45) is 4.34. The van der Waals surface area contributed by atoms with Gasteiger partial charge in [0.1, 0.15) is 0 Å². The van der Waals surface area contributed by atoms with E-state index in [-0.39, 0.29) is 0 Å². The van der Waals surface area contributed by atoms with Gasteiger partial charge in [-0.05, 0) is 41.9 Å². The predicted molar refractivity (Wildman–Crippen MR) is 72.9 cm³/mol. The second-order valence-corrected chi connectivity index (χ2v) is 5.53. The maximum atomic E-state index is 4.28. The lowest BCUT2D eigenvalue weighted by Gasteiger charge is -2.28. The van der Waals surface area contributed by atoms with Crippen LogP contribution >= 0.6 is 15.9 Å². The first kappa shape index (κ1) is 13.1. The molecule has 1 N–H and O–H groups in total. The van der Waals surface area contributed by atoms with Crippen LogP contribution in [-0.4, -0.2) is 40.4 Å². The SMILES string of the molecule is CCCN(Cc1c(Br)cnn1C)C1CCNC1. The van der Waals surface area contributed by atoms with Crippen LogP contribution in [0, 0.1) is 0 Å². The van der Waals surface area contributed by atoms with Crippen molar-refractivity contribution in [1.82, 2.24) is 20.0 Å². The average Bonchev–Trinajstić information content (AvgIpc) is 2.93. The molecule has 1 saturated heterocycles. The van der Waals surface area contributed by atoms with E-state index in [4.69, 9.17) is 0 Å². The number of nitrogens with one attached hydrogen (secondary N) is 1. The van der Waals surface area contributed by atoms with E-state index in [0.717, 1.165) is 30.7 Å². The maximum absolute atomic E-state index is 4.28. The Labute approximate surface area is 111 Å². The van der Waals surface area contributed by atoms with Crippen LogP contribution in [0.2, 0.25) is 0 Å². The van der Waals surface area contributed by atoms with E-state index >= 15 is 0 Å². The van der Waals surface area contributed by atoms with Gasteiger partial charge in [-0.3, -0.25) is 9.58 Å². The first-order valence-electron chi connectivity index (χ1n) is 6.33. The quantitative estimate of drug-likeness (QED) is 0.899. The van der Waals surface area contributed by atoms with Crippen LogP contribution in [0.15, 0.2) is 10.7 Å².